The molecule has 5 nitrogen and oxygen atoms in total. The van der Waals surface area contributed by atoms with Crippen molar-refractivity contribution < 1.29 is 13.2 Å². The predicted octanol–water partition coefficient (Wildman–Crippen LogP) is 1.62. The lowest BCUT2D eigenvalue weighted by Crippen LogP contribution is -2.44. The Kier molecular flexibility index (Phi) is 4.11. The Hall–Kier alpha value is -1.13. The fraction of sp³-hybridized carbons (Fsp3) is 0.417. The first-order chi connectivity index (χ1) is 8.95. The van der Waals surface area contributed by atoms with E-state index in [0.717, 1.165) is 0 Å². The van der Waals surface area contributed by atoms with Crippen LogP contribution in [0, 0.1) is 11.3 Å². The van der Waals surface area contributed by atoms with Gasteiger partial charge in [-0.15, -0.1) is 0 Å². The van der Waals surface area contributed by atoms with Crippen molar-refractivity contribution in [1.82, 2.24) is 4.31 Å². The molecule has 2 rings (SSSR count). The van der Waals surface area contributed by atoms with Gasteiger partial charge in [-0.25, -0.2) is 8.42 Å². The number of hydrogen-bond donors (Lipinski definition) is 0. The summed E-state index contributed by atoms with van der Waals surface area (Å²) in [5.74, 6) is 0. The molecule has 19 heavy (non-hydrogen) atoms. The van der Waals surface area contributed by atoms with Crippen molar-refractivity contribution in [2.24, 2.45) is 0 Å². The second kappa shape index (κ2) is 5.47. The number of ether oxygens (including phenoxy) is 1. The first kappa shape index (κ1) is 14.3. The van der Waals surface area contributed by atoms with E-state index in [1.54, 1.807) is 0 Å². The largest absolute Gasteiger partial charge is 0.376 e. The van der Waals surface area contributed by atoms with Gasteiger partial charge in [0, 0.05) is 13.1 Å². The van der Waals surface area contributed by atoms with Gasteiger partial charge < -0.3 is 4.74 Å². The molecule has 0 spiro atoms. The van der Waals surface area contributed by atoms with Crippen LogP contribution in [0.4, 0.5) is 0 Å². The number of nitriles is 1. The fourth-order valence-corrected chi connectivity index (χ4v) is 3.59. The highest BCUT2D eigenvalue weighted by Crippen LogP contribution is 2.23. The average Bonchev–Trinajstić information content (AvgIpc) is 2.39. The molecule has 1 atom stereocenters. The van der Waals surface area contributed by atoms with Gasteiger partial charge >= 0.3 is 0 Å². The number of rotatable bonds is 2. The zero-order chi connectivity index (χ0) is 14.0. The zero-order valence-electron chi connectivity index (χ0n) is 10.3. The first-order valence-electron chi connectivity index (χ1n) is 5.76. The quantitative estimate of drug-likeness (QED) is 0.832. The number of nitrogens with zero attached hydrogens (tertiary/aromatic N) is 2. The van der Waals surface area contributed by atoms with Gasteiger partial charge in [0.1, 0.15) is 6.07 Å². The summed E-state index contributed by atoms with van der Waals surface area (Å²) >= 11 is 5.80. The second-order valence-corrected chi connectivity index (χ2v) is 6.64. The van der Waals surface area contributed by atoms with Crippen LogP contribution in [0.2, 0.25) is 5.02 Å². The lowest BCUT2D eigenvalue weighted by atomic mass is 10.2. The molecule has 7 heteroatoms. The van der Waals surface area contributed by atoms with Crippen LogP contribution in [0.3, 0.4) is 0 Å². The molecule has 1 unspecified atom stereocenters. The fourth-order valence-electron chi connectivity index (χ4n) is 1.90. The Morgan fingerprint density at radius 3 is 2.89 bits per heavy atom. The Bertz CT molecular complexity index is 624. The van der Waals surface area contributed by atoms with Crippen LogP contribution in [-0.4, -0.2) is 38.5 Å². The Labute approximate surface area is 117 Å². The van der Waals surface area contributed by atoms with Crippen molar-refractivity contribution in [3.63, 3.8) is 0 Å². The van der Waals surface area contributed by atoms with Crippen LogP contribution >= 0.6 is 11.6 Å². The minimum absolute atomic E-state index is 0.0857. The number of halogens is 1. The third kappa shape index (κ3) is 2.90. The van der Waals surface area contributed by atoms with Gasteiger partial charge in [0.25, 0.3) is 0 Å². The molecule has 102 valence electrons. The van der Waals surface area contributed by atoms with Gasteiger partial charge in [-0.2, -0.15) is 9.57 Å². The maximum atomic E-state index is 12.4. The van der Waals surface area contributed by atoms with Gasteiger partial charge in [-0.1, -0.05) is 11.6 Å². The molecule has 0 amide bonds. The van der Waals surface area contributed by atoms with E-state index in [9.17, 15) is 8.42 Å². The summed E-state index contributed by atoms with van der Waals surface area (Å²) in [6.45, 7) is 2.83. The minimum Gasteiger partial charge on any atom is -0.376 e. The number of hydrogen-bond acceptors (Lipinski definition) is 4. The van der Waals surface area contributed by atoms with Crippen LogP contribution < -0.4 is 0 Å². The van der Waals surface area contributed by atoms with Crippen molar-refractivity contribution >= 4 is 21.6 Å². The molecule has 0 aliphatic carbocycles. The summed E-state index contributed by atoms with van der Waals surface area (Å²) in [5, 5.41) is 9.15. The zero-order valence-corrected chi connectivity index (χ0v) is 11.9. The molecule has 1 aliphatic rings. The molecule has 1 saturated heterocycles. The van der Waals surface area contributed by atoms with E-state index in [4.69, 9.17) is 21.6 Å². The highest BCUT2D eigenvalue weighted by molar-refractivity contribution is 7.89. The molecule has 0 radical (unpaired) electrons. The van der Waals surface area contributed by atoms with Crippen molar-refractivity contribution in [3.05, 3.63) is 28.8 Å². The van der Waals surface area contributed by atoms with Gasteiger partial charge in [-0.3, -0.25) is 0 Å². The van der Waals surface area contributed by atoms with Gasteiger partial charge in [0.05, 0.1) is 28.2 Å². The van der Waals surface area contributed by atoms with E-state index in [-0.39, 0.29) is 21.6 Å². The molecule has 1 heterocycles. The van der Waals surface area contributed by atoms with Crippen LogP contribution in [0.25, 0.3) is 0 Å². The topological polar surface area (TPSA) is 70.4 Å². The van der Waals surface area contributed by atoms with E-state index in [1.807, 2.05) is 13.0 Å². The van der Waals surface area contributed by atoms with Crippen molar-refractivity contribution in [2.45, 2.75) is 17.9 Å². The van der Waals surface area contributed by atoms with Crippen LogP contribution in [0.5, 0.6) is 0 Å². The lowest BCUT2D eigenvalue weighted by Gasteiger charge is -2.30. The third-order valence-corrected chi connectivity index (χ3v) is 5.09. The van der Waals surface area contributed by atoms with Crippen molar-refractivity contribution in [3.8, 4) is 6.07 Å². The highest BCUT2D eigenvalue weighted by atomic mass is 35.5. The molecule has 1 aromatic rings. The molecule has 0 aromatic heterocycles. The lowest BCUT2D eigenvalue weighted by molar-refractivity contribution is 0.0102. The molecule has 0 saturated carbocycles. The van der Waals surface area contributed by atoms with Gasteiger partial charge in [0.15, 0.2) is 0 Å². The maximum absolute atomic E-state index is 12.4. The van der Waals surface area contributed by atoms with E-state index in [2.05, 4.69) is 0 Å². The SMILES string of the molecule is CC1CN(S(=O)(=O)c2ccc(Cl)c(C#N)c2)CCO1. The van der Waals surface area contributed by atoms with Crippen LogP contribution in [0.15, 0.2) is 23.1 Å². The van der Waals surface area contributed by atoms with E-state index < -0.39 is 10.0 Å². The smallest absolute Gasteiger partial charge is 0.243 e. The first-order valence-corrected chi connectivity index (χ1v) is 7.58. The van der Waals surface area contributed by atoms with Crippen molar-refractivity contribution in [1.29, 1.82) is 5.26 Å². The van der Waals surface area contributed by atoms with E-state index in [1.165, 1.54) is 22.5 Å². The van der Waals surface area contributed by atoms with Crippen LogP contribution in [0.1, 0.15) is 12.5 Å². The number of sulfonamides is 1. The van der Waals surface area contributed by atoms with E-state index >= 15 is 0 Å². The monoisotopic (exact) mass is 300 g/mol. The maximum Gasteiger partial charge on any atom is 0.243 e. The molecule has 0 N–H and O–H groups in total. The van der Waals surface area contributed by atoms with Crippen molar-refractivity contribution in [2.75, 3.05) is 19.7 Å². The summed E-state index contributed by atoms with van der Waals surface area (Å²) < 4.78 is 31.6. The molecular formula is C12H13ClN2O3S. The Morgan fingerprint density at radius 1 is 1.53 bits per heavy atom. The normalized spacial score (nSPS) is 21.0. The standard InChI is InChI=1S/C12H13ClN2O3S/c1-9-8-15(4-5-18-9)19(16,17)11-2-3-12(13)10(6-11)7-14/h2-3,6,9H,4-5,8H2,1H3. The van der Waals surface area contributed by atoms with Gasteiger partial charge in [0.2, 0.25) is 10.0 Å². The summed E-state index contributed by atoms with van der Waals surface area (Å²) in [7, 11) is -3.60. The predicted molar refractivity (Wildman–Crippen MR) is 70.3 cm³/mol. The molecule has 1 fully saturated rings. The average molecular weight is 301 g/mol. The minimum atomic E-state index is -3.60. The highest BCUT2D eigenvalue weighted by Gasteiger charge is 2.29. The molecule has 0 bridgehead atoms. The van der Waals surface area contributed by atoms with Gasteiger partial charge in [-0.05, 0) is 25.1 Å². The third-order valence-electron chi connectivity index (χ3n) is 2.90. The Balaban J connectivity index is 2.37. The summed E-state index contributed by atoms with van der Waals surface area (Å²) in [4.78, 5) is 0.0857. The molecule has 1 aliphatic heterocycles. The number of morpholine rings is 1. The summed E-state index contributed by atoms with van der Waals surface area (Å²) in [6, 6.07) is 6.03. The second-order valence-electron chi connectivity index (χ2n) is 4.30. The molecule has 1 aromatic carbocycles. The van der Waals surface area contributed by atoms with Crippen LogP contribution in [-0.2, 0) is 14.8 Å². The Morgan fingerprint density at radius 2 is 2.26 bits per heavy atom. The van der Waals surface area contributed by atoms with E-state index in [0.29, 0.717) is 19.7 Å². The molecular weight excluding hydrogens is 288 g/mol. The summed E-state index contributed by atoms with van der Waals surface area (Å²) in [5.41, 5.74) is 0.157. The summed E-state index contributed by atoms with van der Waals surface area (Å²) in [6.07, 6.45) is -0.133. The number of benzene rings is 1.